The zero-order valence-electron chi connectivity index (χ0n) is 16.1. The molecule has 0 aliphatic rings. The Morgan fingerprint density at radius 1 is 0.647 bits per heavy atom. The molecule has 3 aromatic carbocycles. The summed E-state index contributed by atoms with van der Waals surface area (Å²) in [4.78, 5) is -0.573. The predicted molar refractivity (Wildman–Crippen MR) is 113 cm³/mol. The van der Waals surface area contributed by atoms with E-state index in [0.717, 1.165) is 36.4 Å². The Morgan fingerprint density at radius 2 is 1.12 bits per heavy atom. The van der Waals surface area contributed by atoms with Crippen LogP contribution in [0.3, 0.4) is 0 Å². The second kappa shape index (κ2) is 9.37. The molecule has 182 valence electrons. The molecular formula is C20H9Cl3F6O4S. The van der Waals surface area contributed by atoms with Gasteiger partial charge in [0.05, 0.1) is 21.2 Å². The minimum atomic E-state index is -4.68. The Balaban J connectivity index is 1.98. The van der Waals surface area contributed by atoms with Gasteiger partial charge in [-0.15, -0.1) is 0 Å². The lowest BCUT2D eigenvalue weighted by atomic mass is 10.2. The van der Waals surface area contributed by atoms with E-state index < -0.39 is 53.2 Å². The number of halogens is 9. The summed E-state index contributed by atoms with van der Waals surface area (Å²) in [6.45, 7) is 0. The molecular weight excluding hydrogens is 557 g/mol. The number of hydrogen-bond acceptors (Lipinski definition) is 4. The molecule has 0 spiro atoms. The Morgan fingerprint density at radius 3 is 1.53 bits per heavy atom. The fourth-order valence-electron chi connectivity index (χ4n) is 2.60. The Bertz CT molecular complexity index is 1340. The summed E-state index contributed by atoms with van der Waals surface area (Å²) in [5.74, 6) is -1.14. The molecule has 0 unspecified atom stereocenters. The van der Waals surface area contributed by atoms with Crippen molar-refractivity contribution >= 4 is 42.9 Å². The monoisotopic (exact) mass is 564 g/mol. The van der Waals surface area contributed by atoms with Crippen molar-refractivity contribution in [1.82, 2.24) is 0 Å². The molecule has 0 saturated heterocycles. The van der Waals surface area contributed by atoms with E-state index in [-0.39, 0.29) is 17.2 Å². The average molecular weight is 566 g/mol. The van der Waals surface area contributed by atoms with Crippen LogP contribution in [0.2, 0.25) is 10.0 Å². The first-order chi connectivity index (χ1) is 15.6. The summed E-state index contributed by atoms with van der Waals surface area (Å²) >= 11 is 11.7. The Labute approximate surface area is 203 Å². The lowest BCUT2D eigenvalue weighted by Gasteiger charge is -2.15. The fourth-order valence-corrected chi connectivity index (χ4v) is 3.99. The standard InChI is InChI=1S/C20H9Cl3F6O4S/c21-13-7-10(19(24,25)26)1-4-15(13)32-12-3-6-18(34(23,30)31)17(9-12)33-16-5-2-11(8-14(16)22)20(27,28)29/h1-9H. The molecule has 0 bridgehead atoms. The number of ether oxygens (including phenoxy) is 2. The minimum Gasteiger partial charge on any atom is -0.456 e. The van der Waals surface area contributed by atoms with Gasteiger partial charge >= 0.3 is 12.4 Å². The van der Waals surface area contributed by atoms with Gasteiger partial charge in [-0.3, -0.25) is 0 Å². The summed E-state index contributed by atoms with van der Waals surface area (Å²) in [7, 11) is 0.995. The molecule has 0 aliphatic heterocycles. The van der Waals surface area contributed by atoms with Crippen molar-refractivity contribution in [2.24, 2.45) is 0 Å². The van der Waals surface area contributed by atoms with E-state index in [1.165, 1.54) is 0 Å². The van der Waals surface area contributed by atoms with Crippen molar-refractivity contribution in [3.05, 3.63) is 75.8 Å². The zero-order chi connectivity index (χ0) is 25.5. The summed E-state index contributed by atoms with van der Waals surface area (Å²) in [5, 5.41) is -0.873. The van der Waals surface area contributed by atoms with Crippen LogP contribution in [-0.4, -0.2) is 8.42 Å². The van der Waals surface area contributed by atoms with Crippen LogP contribution in [-0.2, 0) is 21.4 Å². The van der Waals surface area contributed by atoms with Crippen LogP contribution in [0.15, 0.2) is 59.5 Å². The maximum Gasteiger partial charge on any atom is 0.416 e. The van der Waals surface area contributed by atoms with Gasteiger partial charge < -0.3 is 9.47 Å². The molecule has 0 atom stereocenters. The normalized spacial score (nSPS) is 12.5. The van der Waals surface area contributed by atoms with E-state index in [1.807, 2.05) is 0 Å². The van der Waals surface area contributed by atoms with Gasteiger partial charge in [-0.2, -0.15) is 26.3 Å². The van der Waals surface area contributed by atoms with E-state index in [4.69, 9.17) is 43.4 Å². The second-order valence-electron chi connectivity index (χ2n) is 6.54. The number of hydrogen-bond donors (Lipinski definition) is 0. The van der Waals surface area contributed by atoms with Gasteiger partial charge in [-0.25, -0.2) is 8.42 Å². The zero-order valence-corrected chi connectivity index (χ0v) is 19.2. The maximum absolute atomic E-state index is 12.8. The highest BCUT2D eigenvalue weighted by molar-refractivity contribution is 8.13. The van der Waals surface area contributed by atoms with E-state index in [0.29, 0.717) is 18.2 Å². The molecule has 3 rings (SSSR count). The summed E-state index contributed by atoms with van der Waals surface area (Å²) < 4.78 is 112. The molecule has 0 aromatic heterocycles. The van der Waals surface area contributed by atoms with Gasteiger partial charge in [-0.1, -0.05) is 23.2 Å². The van der Waals surface area contributed by atoms with Crippen molar-refractivity contribution in [2.75, 3.05) is 0 Å². The third-order valence-corrected chi connectivity index (χ3v) is 6.10. The average Bonchev–Trinajstić information content (AvgIpc) is 2.68. The van der Waals surface area contributed by atoms with Crippen LogP contribution in [0.1, 0.15) is 11.1 Å². The van der Waals surface area contributed by atoms with Crippen LogP contribution in [0.4, 0.5) is 26.3 Å². The highest BCUT2D eigenvalue weighted by atomic mass is 35.7. The molecule has 0 heterocycles. The van der Waals surface area contributed by atoms with Gasteiger partial charge in [0, 0.05) is 16.7 Å². The quantitative estimate of drug-likeness (QED) is 0.230. The lowest BCUT2D eigenvalue weighted by Crippen LogP contribution is -2.05. The van der Waals surface area contributed by atoms with Gasteiger partial charge in [0.2, 0.25) is 0 Å². The molecule has 0 saturated carbocycles. The first kappa shape index (κ1) is 26.3. The van der Waals surface area contributed by atoms with E-state index in [1.54, 1.807) is 0 Å². The molecule has 4 nitrogen and oxygen atoms in total. The first-order valence-electron chi connectivity index (χ1n) is 8.73. The highest BCUT2D eigenvalue weighted by Gasteiger charge is 2.32. The lowest BCUT2D eigenvalue weighted by molar-refractivity contribution is -0.138. The van der Waals surface area contributed by atoms with Gasteiger partial charge in [0.15, 0.2) is 5.75 Å². The van der Waals surface area contributed by atoms with Gasteiger partial charge in [0.25, 0.3) is 9.05 Å². The molecule has 14 heteroatoms. The Kier molecular flexibility index (Phi) is 7.24. The third-order valence-electron chi connectivity index (χ3n) is 4.14. The predicted octanol–water partition coefficient (Wildman–Crippen LogP) is 8.54. The minimum absolute atomic E-state index is 0.135. The summed E-state index contributed by atoms with van der Waals surface area (Å²) in [5.41, 5.74) is -2.08. The molecule has 0 N–H and O–H groups in total. The van der Waals surface area contributed by atoms with Crippen molar-refractivity contribution in [2.45, 2.75) is 17.2 Å². The van der Waals surface area contributed by atoms with Gasteiger partial charge in [-0.05, 0) is 48.5 Å². The van der Waals surface area contributed by atoms with Crippen LogP contribution in [0, 0.1) is 0 Å². The molecule has 3 aromatic rings. The van der Waals surface area contributed by atoms with Crippen LogP contribution in [0.25, 0.3) is 0 Å². The number of rotatable bonds is 5. The van der Waals surface area contributed by atoms with Crippen molar-refractivity contribution in [3.63, 3.8) is 0 Å². The molecule has 0 radical (unpaired) electrons. The smallest absolute Gasteiger partial charge is 0.416 e. The number of alkyl halides is 6. The molecule has 0 amide bonds. The molecule has 0 aliphatic carbocycles. The maximum atomic E-state index is 12.8. The van der Waals surface area contributed by atoms with Gasteiger partial charge in [0.1, 0.15) is 22.1 Å². The van der Waals surface area contributed by atoms with E-state index in [9.17, 15) is 34.8 Å². The summed E-state index contributed by atoms with van der Waals surface area (Å²) in [6, 6.07) is 7.49. The van der Waals surface area contributed by atoms with Crippen molar-refractivity contribution in [1.29, 1.82) is 0 Å². The van der Waals surface area contributed by atoms with Crippen LogP contribution < -0.4 is 9.47 Å². The highest BCUT2D eigenvalue weighted by Crippen LogP contribution is 2.41. The topological polar surface area (TPSA) is 52.6 Å². The van der Waals surface area contributed by atoms with Crippen molar-refractivity contribution in [3.8, 4) is 23.0 Å². The first-order valence-corrected chi connectivity index (χ1v) is 11.8. The SMILES string of the molecule is O=S(=O)(Cl)c1ccc(Oc2ccc(C(F)(F)F)cc2Cl)cc1Oc1ccc(C(F)(F)F)cc1Cl. The third kappa shape index (κ3) is 6.21. The second-order valence-corrected chi connectivity index (χ2v) is 9.89. The fraction of sp³-hybridized carbons (Fsp3) is 0.100. The molecule has 0 fully saturated rings. The number of benzene rings is 3. The summed E-state index contributed by atoms with van der Waals surface area (Å²) in [6.07, 6.45) is -9.32. The Hall–Kier alpha value is -2.34. The van der Waals surface area contributed by atoms with Crippen molar-refractivity contribution < 1.29 is 44.2 Å². The van der Waals surface area contributed by atoms with E-state index >= 15 is 0 Å². The van der Waals surface area contributed by atoms with Crippen LogP contribution >= 0.6 is 33.9 Å². The molecule has 34 heavy (non-hydrogen) atoms. The largest absolute Gasteiger partial charge is 0.456 e. The van der Waals surface area contributed by atoms with E-state index in [2.05, 4.69) is 0 Å². The van der Waals surface area contributed by atoms with Crippen LogP contribution in [0.5, 0.6) is 23.0 Å².